The lowest BCUT2D eigenvalue weighted by Gasteiger charge is -2.10. The van der Waals surface area contributed by atoms with Gasteiger partial charge >= 0.3 is 5.97 Å². The molecule has 0 fully saturated rings. The maximum atomic E-state index is 13.3. The molecule has 0 radical (unpaired) electrons. The van der Waals surface area contributed by atoms with E-state index in [2.05, 4.69) is 10.4 Å². The molecular formula is C21H17N3O5S. The van der Waals surface area contributed by atoms with Crippen LogP contribution in [-0.2, 0) is 4.74 Å². The van der Waals surface area contributed by atoms with Gasteiger partial charge in [-0.25, -0.2) is 4.79 Å². The van der Waals surface area contributed by atoms with Crippen LogP contribution in [0.15, 0.2) is 57.3 Å². The Morgan fingerprint density at radius 2 is 2.00 bits per heavy atom. The Morgan fingerprint density at radius 1 is 1.23 bits per heavy atom. The summed E-state index contributed by atoms with van der Waals surface area (Å²) in [6.45, 7) is 3.78. The summed E-state index contributed by atoms with van der Waals surface area (Å²) < 4.78 is 11.4. The van der Waals surface area contributed by atoms with E-state index in [-0.39, 0.29) is 23.4 Å². The van der Waals surface area contributed by atoms with E-state index in [1.807, 2.05) is 19.1 Å². The van der Waals surface area contributed by atoms with Gasteiger partial charge in [0.05, 0.1) is 23.9 Å². The van der Waals surface area contributed by atoms with Crippen molar-refractivity contribution < 1.29 is 18.7 Å². The Morgan fingerprint density at radius 3 is 2.67 bits per heavy atom. The van der Waals surface area contributed by atoms with Crippen LogP contribution in [0.2, 0.25) is 0 Å². The maximum Gasteiger partial charge on any atom is 0.359 e. The van der Waals surface area contributed by atoms with E-state index in [0.717, 1.165) is 21.6 Å². The van der Waals surface area contributed by atoms with Crippen molar-refractivity contribution >= 4 is 39.0 Å². The number of aromatic nitrogens is 2. The van der Waals surface area contributed by atoms with Crippen molar-refractivity contribution in [2.45, 2.75) is 13.8 Å². The summed E-state index contributed by atoms with van der Waals surface area (Å²) in [6, 6.07) is 10.3. The van der Waals surface area contributed by atoms with Gasteiger partial charge in [0, 0.05) is 10.8 Å². The SMILES string of the molecule is CCOC(=O)c1nn(-c2ccc(C)cc2)c(=O)c2c(NC(=O)c3ccco3)scc12. The fraction of sp³-hybridized carbons (Fsp3) is 0.143. The number of nitrogens with one attached hydrogen (secondary N) is 1. The fourth-order valence-electron chi connectivity index (χ4n) is 2.93. The number of amides is 1. The van der Waals surface area contributed by atoms with Crippen LogP contribution in [0.4, 0.5) is 5.00 Å². The zero-order valence-corrected chi connectivity index (χ0v) is 17.0. The van der Waals surface area contributed by atoms with Crippen molar-refractivity contribution in [3.63, 3.8) is 0 Å². The second kappa shape index (κ2) is 7.96. The second-order valence-corrected chi connectivity index (χ2v) is 7.29. The molecule has 0 saturated heterocycles. The fourth-order valence-corrected chi connectivity index (χ4v) is 3.86. The minimum Gasteiger partial charge on any atom is -0.461 e. The molecule has 0 aliphatic carbocycles. The number of esters is 1. The molecule has 30 heavy (non-hydrogen) atoms. The summed E-state index contributed by atoms with van der Waals surface area (Å²) in [5, 5.41) is 9.35. The molecule has 3 heterocycles. The monoisotopic (exact) mass is 423 g/mol. The molecule has 0 unspecified atom stereocenters. The number of carbonyl (C=O) groups excluding carboxylic acids is 2. The number of ether oxygens (including phenoxy) is 1. The molecule has 4 aromatic rings. The van der Waals surface area contributed by atoms with Gasteiger partial charge in [-0.2, -0.15) is 9.78 Å². The van der Waals surface area contributed by atoms with Crippen LogP contribution < -0.4 is 10.9 Å². The van der Waals surface area contributed by atoms with Gasteiger partial charge in [-0.15, -0.1) is 11.3 Å². The van der Waals surface area contributed by atoms with E-state index in [1.54, 1.807) is 30.5 Å². The summed E-state index contributed by atoms with van der Waals surface area (Å²) in [5.41, 5.74) is 1.05. The lowest BCUT2D eigenvalue weighted by atomic mass is 10.2. The Hall–Kier alpha value is -3.72. The van der Waals surface area contributed by atoms with E-state index < -0.39 is 17.4 Å². The molecule has 0 atom stereocenters. The third-order valence-electron chi connectivity index (χ3n) is 4.37. The van der Waals surface area contributed by atoms with Crippen LogP contribution in [0.25, 0.3) is 16.5 Å². The van der Waals surface area contributed by atoms with E-state index >= 15 is 0 Å². The molecule has 152 valence electrons. The van der Waals surface area contributed by atoms with E-state index in [9.17, 15) is 14.4 Å². The summed E-state index contributed by atoms with van der Waals surface area (Å²) in [5.74, 6) is -1.04. The molecule has 1 N–H and O–H groups in total. The Labute approximate surface area is 174 Å². The summed E-state index contributed by atoms with van der Waals surface area (Å²) in [7, 11) is 0. The van der Waals surface area contributed by atoms with Gasteiger partial charge in [0.15, 0.2) is 11.5 Å². The number of carbonyl (C=O) groups is 2. The largest absolute Gasteiger partial charge is 0.461 e. The van der Waals surface area contributed by atoms with Crippen molar-refractivity contribution in [2.24, 2.45) is 0 Å². The highest BCUT2D eigenvalue weighted by Crippen LogP contribution is 2.31. The summed E-state index contributed by atoms with van der Waals surface area (Å²) >= 11 is 1.12. The van der Waals surface area contributed by atoms with Crippen LogP contribution in [0.5, 0.6) is 0 Å². The number of nitrogens with zero attached hydrogens (tertiary/aromatic N) is 2. The number of rotatable bonds is 5. The van der Waals surface area contributed by atoms with Gasteiger partial charge in [0.2, 0.25) is 0 Å². The second-order valence-electron chi connectivity index (χ2n) is 6.41. The quantitative estimate of drug-likeness (QED) is 0.490. The molecule has 3 aromatic heterocycles. The van der Waals surface area contributed by atoms with Crippen molar-refractivity contribution in [3.8, 4) is 5.69 Å². The number of hydrogen-bond acceptors (Lipinski definition) is 7. The van der Waals surface area contributed by atoms with Crippen LogP contribution in [0, 0.1) is 6.92 Å². The number of furan rings is 1. The molecule has 1 aromatic carbocycles. The van der Waals surface area contributed by atoms with Crippen molar-refractivity contribution in [2.75, 3.05) is 11.9 Å². The highest BCUT2D eigenvalue weighted by Gasteiger charge is 2.23. The molecule has 0 aliphatic heterocycles. The van der Waals surface area contributed by atoms with E-state index in [0.29, 0.717) is 16.1 Å². The number of aryl methyl sites for hydroxylation is 1. The molecule has 0 spiro atoms. The molecule has 9 heteroatoms. The summed E-state index contributed by atoms with van der Waals surface area (Å²) in [6.07, 6.45) is 1.38. The number of hydrogen-bond donors (Lipinski definition) is 1. The van der Waals surface area contributed by atoms with Crippen molar-refractivity contribution in [1.29, 1.82) is 0 Å². The minimum absolute atomic E-state index is 0.00164. The number of thiophene rings is 1. The first kappa shape index (κ1) is 19.6. The van der Waals surface area contributed by atoms with E-state index in [1.165, 1.54) is 12.3 Å². The zero-order chi connectivity index (χ0) is 21.3. The normalized spacial score (nSPS) is 10.9. The zero-order valence-electron chi connectivity index (χ0n) is 16.2. The molecule has 0 aliphatic rings. The average molecular weight is 423 g/mol. The lowest BCUT2D eigenvalue weighted by Crippen LogP contribution is -2.25. The maximum absolute atomic E-state index is 13.3. The lowest BCUT2D eigenvalue weighted by molar-refractivity contribution is 0.0520. The van der Waals surface area contributed by atoms with Crippen molar-refractivity contribution in [3.05, 3.63) is 75.4 Å². The summed E-state index contributed by atoms with van der Waals surface area (Å²) in [4.78, 5) is 38.2. The topological polar surface area (TPSA) is 103 Å². The predicted molar refractivity (Wildman–Crippen MR) is 113 cm³/mol. The Bertz CT molecular complexity index is 1290. The van der Waals surface area contributed by atoms with Crippen LogP contribution >= 0.6 is 11.3 Å². The van der Waals surface area contributed by atoms with Gasteiger partial charge in [-0.05, 0) is 38.1 Å². The highest BCUT2D eigenvalue weighted by molar-refractivity contribution is 7.16. The van der Waals surface area contributed by atoms with E-state index in [4.69, 9.17) is 9.15 Å². The predicted octanol–water partition coefficient (Wildman–Crippen LogP) is 3.78. The Balaban J connectivity index is 1.91. The smallest absolute Gasteiger partial charge is 0.359 e. The minimum atomic E-state index is -0.648. The Kier molecular flexibility index (Phi) is 5.20. The van der Waals surface area contributed by atoms with Crippen LogP contribution in [0.1, 0.15) is 33.5 Å². The molecule has 0 saturated carbocycles. The average Bonchev–Trinajstić information content (AvgIpc) is 3.40. The first-order valence-corrected chi connectivity index (χ1v) is 10.0. The standard InChI is InChI=1S/C21H17N3O5S/c1-3-28-21(27)17-14-11-30-19(22-18(25)15-5-4-10-29-15)16(14)20(26)24(23-17)13-8-6-12(2)7-9-13/h4-11H,3H2,1-2H3,(H,22,25). The van der Waals surface area contributed by atoms with Gasteiger partial charge in [-0.3, -0.25) is 9.59 Å². The first-order valence-electron chi connectivity index (χ1n) is 9.13. The third-order valence-corrected chi connectivity index (χ3v) is 5.27. The highest BCUT2D eigenvalue weighted by atomic mass is 32.1. The number of anilines is 1. The number of fused-ring (bicyclic) bond motifs is 1. The van der Waals surface area contributed by atoms with Crippen molar-refractivity contribution in [1.82, 2.24) is 9.78 Å². The molecule has 1 amide bonds. The van der Waals surface area contributed by atoms with Crippen LogP contribution in [0.3, 0.4) is 0 Å². The number of benzene rings is 1. The molecule has 8 nitrogen and oxygen atoms in total. The van der Waals surface area contributed by atoms with Gasteiger partial charge < -0.3 is 14.5 Å². The van der Waals surface area contributed by atoms with Gasteiger partial charge in [-0.1, -0.05) is 17.7 Å². The first-order chi connectivity index (χ1) is 14.5. The van der Waals surface area contributed by atoms with Gasteiger partial charge in [0.1, 0.15) is 5.00 Å². The third kappa shape index (κ3) is 3.50. The van der Waals surface area contributed by atoms with Gasteiger partial charge in [0.25, 0.3) is 11.5 Å². The molecule has 4 rings (SSSR count). The molecular weight excluding hydrogens is 406 g/mol. The molecule has 0 bridgehead atoms. The van der Waals surface area contributed by atoms with Crippen LogP contribution in [-0.4, -0.2) is 28.3 Å².